The fourth-order valence-electron chi connectivity index (χ4n) is 2.62. The van der Waals surface area contributed by atoms with Gasteiger partial charge >= 0.3 is 6.09 Å². The van der Waals surface area contributed by atoms with Crippen molar-refractivity contribution in [3.8, 4) is 0 Å². The molecule has 1 aliphatic heterocycles. The number of hydrogen-bond donors (Lipinski definition) is 0. The highest BCUT2D eigenvalue weighted by Gasteiger charge is 2.33. The number of carbonyl (C=O) groups is 2. The number of rotatable bonds is 1. The van der Waals surface area contributed by atoms with Crippen LogP contribution in [0.4, 0.5) is 9.18 Å². The first-order valence-electron chi connectivity index (χ1n) is 7.93. The number of nitrogens with zero attached hydrogens (tertiary/aromatic N) is 2. The smallest absolute Gasteiger partial charge is 0.410 e. The van der Waals surface area contributed by atoms with E-state index in [1.807, 2.05) is 6.92 Å². The van der Waals surface area contributed by atoms with E-state index in [0.29, 0.717) is 24.1 Å². The van der Waals surface area contributed by atoms with Crippen molar-refractivity contribution in [1.82, 2.24) is 9.80 Å². The lowest BCUT2D eigenvalue weighted by Crippen LogP contribution is -2.56. The van der Waals surface area contributed by atoms with Crippen molar-refractivity contribution < 1.29 is 18.7 Å². The predicted molar refractivity (Wildman–Crippen MR) is 97.4 cm³/mol. The van der Waals surface area contributed by atoms with Gasteiger partial charge in [0.15, 0.2) is 0 Å². The van der Waals surface area contributed by atoms with Gasteiger partial charge in [0.2, 0.25) is 0 Å². The first-order valence-corrected chi connectivity index (χ1v) is 9.10. The van der Waals surface area contributed by atoms with Crippen LogP contribution in [0.5, 0.6) is 0 Å². The van der Waals surface area contributed by atoms with Crippen molar-refractivity contribution >= 4 is 39.5 Å². The molecule has 5 nitrogen and oxygen atoms in total. The van der Waals surface area contributed by atoms with Crippen molar-refractivity contribution in [1.29, 1.82) is 0 Å². The first-order chi connectivity index (χ1) is 11.5. The molecular formula is C17H21BrClFN2O3. The van der Waals surface area contributed by atoms with E-state index in [9.17, 15) is 14.0 Å². The molecule has 1 atom stereocenters. The molecule has 1 heterocycles. The Bertz CT molecular complexity index is 693. The average Bonchev–Trinajstić information content (AvgIpc) is 2.48. The normalized spacial score (nSPS) is 18.3. The predicted octanol–water partition coefficient (Wildman–Crippen LogP) is 4.32. The van der Waals surface area contributed by atoms with Crippen molar-refractivity contribution in [2.75, 3.05) is 19.6 Å². The second-order valence-electron chi connectivity index (χ2n) is 7.02. The summed E-state index contributed by atoms with van der Waals surface area (Å²) in [5.41, 5.74) is -0.475. The Hall–Kier alpha value is -1.34. The molecule has 1 aromatic carbocycles. The van der Waals surface area contributed by atoms with Gasteiger partial charge in [-0.3, -0.25) is 4.79 Å². The minimum Gasteiger partial charge on any atom is -0.444 e. The van der Waals surface area contributed by atoms with Crippen LogP contribution in [0.15, 0.2) is 16.6 Å². The van der Waals surface area contributed by atoms with Crippen LogP contribution in [0, 0.1) is 5.82 Å². The second kappa shape index (κ2) is 7.50. The van der Waals surface area contributed by atoms with Crippen molar-refractivity contribution in [2.24, 2.45) is 0 Å². The number of hydrogen-bond acceptors (Lipinski definition) is 3. The lowest BCUT2D eigenvalue weighted by atomic mass is 10.1. The fraction of sp³-hybridized carbons (Fsp3) is 0.529. The molecule has 1 fully saturated rings. The SMILES string of the molecule is C[C@H]1CN(C(=O)c2cc(F)cc(Br)c2Cl)CCN1C(=O)OC(C)(C)C. The first kappa shape index (κ1) is 20.0. The molecule has 0 radical (unpaired) electrons. The van der Waals surface area contributed by atoms with Crippen LogP contribution in [-0.2, 0) is 4.74 Å². The molecule has 8 heteroatoms. The zero-order chi connectivity index (χ0) is 18.9. The van der Waals surface area contributed by atoms with Crippen LogP contribution < -0.4 is 0 Å². The molecule has 0 aliphatic carbocycles. The van der Waals surface area contributed by atoms with E-state index in [2.05, 4.69) is 15.9 Å². The van der Waals surface area contributed by atoms with E-state index >= 15 is 0 Å². The molecule has 1 saturated heterocycles. The Kier molecular flexibility index (Phi) is 5.99. The maximum absolute atomic E-state index is 13.6. The van der Waals surface area contributed by atoms with E-state index in [4.69, 9.17) is 16.3 Å². The van der Waals surface area contributed by atoms with E-state index < -0.39 is 17.5 Å². The van der Waals surface area contributed by atoms with Crippen molar-refractivity contribution in [3.05, 3.63) is 33.0 Å². The monoisotopic (exact) mass is 434 g/mol. The Balaban J connectivity index is 2.10. The Labute approximate surface area is 160 Å². The summed E-state index contributed by atoms with van der Waals surface area (Å²) in [4.78, 5) is 28.1. The Morgan fingerprint density at radius 3 is 2.52 bits per heavy atom. The number of piperazine rings is 1. The molecule has 2 amide bonds. The lowest BCUT2D eigenvalue weighted by molar-refractivity contribution is 0.00198. The quantitative estimate of drug-likeness (QED) is 0.617. The third-order valence-electron chi connectivity index (χ3n) is 3.77. The Morgan fingerprint density at radius 2 is 1.96 bits per heavy atom. The number of halogens is 3. The van der Waals surface area contributed by atoms with Crippen LogP contribution in [0.25, 0.3) is 0 Å². The maximum atomic E-state index is 13.6. The molecule has 0 N–H and O–H groups in total. The van der Waals surface area contributed by atoms with Crippen LogP contribution >= 0.6 is 27.5 Å². The number of carbonyl (C=O) groups excluding carboxylic acids is 2. The van der Waals surface area contributed by atoms with Crippen LogP contribution in [-0.4, -0.2) is 53.1 Å². The highest BCUT2D eigenvalue weighted by atomic mass is 79.9. The summed E-state index contributed by atoms with van der Waals surface area (Å²) in [5, 5.41) is 0.175. The highest BCUT2D eigenvalue weighted by Crippen LogP contribution is 2.29. The third kappa shape index (κ3) is 4.85. The number of amides is 2. The van der Waals surface area contributed by atoms with Crippen molar-refractivity contribution in [3.63, 3.8) is 0 Å². The molecule has 0 saturated carbocycles. The van der Waals surface area contributed by atoms with Crippen molar-refractivity contribution in [2.45, 2.75) is 39.3 Å². The molecule has 0 bridgehead atoms. The van der Waals surface area contributed by atoms with Gasteiger partial charge in [-0.05, 0) is 55.8 Å². The summed E-state index contributed by atoms with van der Waals surface area (Å²) < 4.78 is 19.3. The molecular weight excluding hydrogens is 415 g/mol. The number of benzene rings is 1. The lowest BCUT2D eigenvalue weighted by Gasteiger charge is -2.40. The largest absolute Gasteiger partial charge is 0.444 e. The van der Waals surface area contributed by atoms with Gasteiger partial charge in [0.05, 0.1) is 10.6 Å². The standard InChI is InChI=1S/C17H21BrClFN2O3/c1-10-9-21(5-6-22(10)16(24)25-17(2,3)4)15(23)12-7-11(20)8-13(18)14(12)19/h7-8,10H,5-6,9H2,1-4H3/t10-/m0/s1. The molecule has 25 heavy (non-hydrogen) atoms. The summed E-state index contributed by atoms with van der Waals surface area (Å²) in [6.07, 6.45) is -0.404. The third-order valence-corrected chi connectivity index (χ3v) is 5.03. The van der Waals surface area contributed by atoms with Gasteiger partial charge in [0.25, 0.3) is 5.91 Å². The molecule has 0 spiro atoms. The highest BCUT2D eigenvalue weighted by molar-refractivity contribution is 9.10. The van der Waals surface area contributed by atoms with E-state index in [1.54, 1.807) is 30.6 Å². The van der Waals surface area contributed by atoms with Crippen LogP contribution in [0.1, 0.15) is 38.1 Å². The number of ether oxygens (including phenoxy) is 1. The molecule has 1 aliphatic rings. The maximum Gasteiger partial charge on any atom is 0.410 e. The van der Waals surface area contributed by atoms with Crippen LogP contribution in [0.2, 0.25) is 5.02 Å². The zero-order valence-electron chi connectivity index (χ0n) is 14.6. The van der Waals surface area contributed by atoms with E-state index in [-0.39, 0.29) is 22.5 Å². The van der Waals surface area contributed by atoms with Gasteiger partial charge in [-0.1, -0.05) is 11.6 Å². The van der Waals surface area contributed by atoms with Gasteiger partial charge in [-0.2, -0.15) is 0 Å². The molecule has 138 valence electrons. The van der Waals surface area contributed by atoms with Gasteiger partial charge in [0, 0.05) is 30.1 Å². The van der Waals surface area contributed by atoms with E-state index in [1.165, 1.54) is 6.07 Å². The van der Waals surface area contributed by atoms with Crippen LogP contribution in [0.3, 0.4) is 0 Å². The topological polar surface area (TPSA) is 49.9 Å². The zero-order valence-corrected chi connectivity index (χ0v) is 16.9. The molecule has 2 rings (SSSR count). The molecule has 1 aromatic rings. The van der Waals surface area contributed by atoms with Gasteiger partial charge in [0.1, 0.15) is 11.4 Å². The fourth-order valence-corrected chi connectivity index (χ4v) is 3.24. The van der Waals surface area contributed by atoms with Gasteiger partial charge < -0.3 is 14.5 Å². The summed E-state index contributed by atoms with van der Waals surface area (Å²) in [7, 11) is 0. The Morgan fingerprint density at radius 1 is 1.32 bits per heavy atom. The summed E-state index contributed by atoms with van der Waals surface area (Å²) in [6, 6.07) is 2.12. The molecule has 0 unspecified atom stereocenters. The van der Waals surface area contributed by atoms with Gasteiger partial charge in [-0.25, -0.2) is 9.18 Å². The minimum atomic E-state index is -0.578. The summed E-state index contributed by atoms with van der Waals surface area (Å²) in [6.45, 7) is 8.25. The average molecular weight is 436 g/mol. The summed E-state index contributed by atoms with van der Waals surface area (Å²) >= 11 is 9.27. The minimum absolute atomic E-state index is 0.103. The van der Waals surface area contributed by atoms with E-state index in [0.717, 1.165) is 6.07 Å². The van der Waals surface area contributed by atoms with Gasteiger partial charge in [-0.15, -0.1) is 0 Å². The second-order valence-corrected chi connectivity index (χ2v) is 8.26. The molecule has 0 aromatic heterocycles. The summed E-state index contributed by atoms with van der Waals surface area (Å²) in [5.74, 6) is -0.902.